The Labute approximate surface area is 258 Å². The summed E-state index contributed by atoms with van der Waals surface area (Å²) in [6, 6.07) is 0. The molecule has 2 unspecified atom stereocenters. The van der Waals surface area contributed by atoms with Gasteiger partial charge in [-0.05, 0) is 40.5 Å². The highest BCUT2D eigenvalue weighted by Crippen LogP contribution is 2.20. The summed E-state index contributed by atoms with van der Waals surface area (Å²) >= 11 is 0. The van der Waals surface area contributed by atoms with Crippen molar-refractivity contribution in [2.75, 3.05) is 0 Å². The first-order valence-corrected chi connectivity index (χ1v) is 18.7. The summed E-state index contributed by atoms with van der Waals surface area (Å²) in [5.74, 6) is 1.51. The van der Waals surface area contributed by atoms with Crippen LogP contribution in [0.1, 0.15) is 197 Å². The molecule has 0 aromatic heterocycles. The van der Waals surface area contributed by atoms with E-state index in [1.54, 1.807) is 0 Å². The molecule has 6 N–H and O–H groups in total. The van der Waals surface area contributed by atoms with Crippen LogP contribution in [0, 0.1) is 11.8 Å². The Morgan fingerprint density at radius 3 is 0.829 bits per heavy atom. The molecular formula is C34H76N2O4S. The third kappa shape index (κ3) is 44.4. The fourth-order valence-corrected chi connectivity index (χ4v) is 4.66. The van der Waals surface area contributed by atoms with Crippen LogP contribution in [-0.4, -0.2) is 28.6 Å². The van der Waals surface area contributed by atoms with Gasteiger partial charge in [-0.3, -0.25) is 8.42 Å². The van der Waals surface area contributed by atoms with Gasteiger partial charge in [-0.15, -0.1) is 0 Å². The third-order valence-electron chi connectivity index (χ3n) is 8.65. The molecule has 7 heteroatoms. The van der Waals surface area contributed by atoms with Gasteiger partial charge in [0.2, 0.25) is 0 Å². The summed E-state index contributed by atoms with van der Waals surface area (Å²) in [7, 11) is -5.17. The first-order valence-electron chi connectivity index (χ1n) is 17.3. The molecule has 0 amide bonds. The Kier molecular flexibility index (Phi) is 31.5. The summed E-state index contributed by atoms with van der Waals surface area (Å²) in [5, 5.41) is 0. The van der Waals surface area contributed by atoms with Gasteiger partial charge in [-0.1, -0.05) is 156 Å². The topological polar surface area (TPSA) is 136 Å². The zero-order chi connectivity index (χ0) is 32.2. The fraction of sp³-hybridized carbons (Fsp3) is 1.00. The maximum Gasteiger partial charge on any atom is 0.0914 e. The van der Waals surface area contributed by atoms with Crippen molar-refractivity contribution in [3.05, 3.63) is 0 Å². The van der Waals surface area contributed by atoms with Crippen LogP contribution in [0.25, 0.3) is 0 Å². The van der Waals surface area contributed by atoms with Crippen LogP contribution in [0.3, 0.4) is 0 Å². The number of rotatable bonds is 24. The van der Waals surface area contributed by atoms with Crippen molar-refractivity contribution in [1.82, 2.24) is 0 Å². The molecule has 0 aliphatic heterocycles. The largest absolute Gasteiger partial charge is 0.759 e. The first-order chi connectivity index (χ1) is 19.0. The molecule has 0 heterocycles. The summed E-state index contributed by atoms with van der Waals surface area (Å²) < 4.78 is 34.1. The molecule has 0 aliphatic carbocycles. The number of hydrogen-bond donors (Lipinski definition) is 2. The van der Waals surface area contributed by atoms with Crippen LogP contribution in [0.4, 0.5) is 0 Å². The zero-order valence-corrected chi connectivity index (χ0v) is 30.0. The SMILES string of the molecule is CCCCCCCCCCCCC(C)C(C)(C)[NH3+].CCCCCCCCCCCCC(C)C(C)(C)[NH3+].O=S(=O)([O-])[O-]. The van der Waals surface area contributed by atoms with E-state index in [0.717, 1.165) is 11.8 Å². The van der Waals surface area contributed by atoms with Crippen LogP contribution in [0.15, 0.2) is 0 Å². The molecule has 0 saturated heterocycles. The highest BCUT2D eigenvalue weighted by molar-refractivity contribution is 7.79. The monoisotopic (exact) mass is 609 g/mol. The molecule has 0 bridgehead atoms. The van der Waals surface area contributed by atoms with E-state index in [1.807, 2.05) is 0 Å². The lowest BCUT2D eigenvalue weighted by molar-refractivity contribution is -0.480. The quantitative estimate of drug-likeness (QED) is 0.0644. The van der Waals surface area contributed by atoms with E-state index in [1.165, 1.54) is 141 Å². The van der Waals surface area contributed by atoms with Gasteiger partial charge in [0.15, 0.2) is 0 Å². The highest BCUT2D eigenvalue weighted by atomic mass is 32.3. The maximum atomic E-state index is 8.52. The number of hydrogen-bond acceptors (Lipinski definition) is 4. The van der Waals surface area contributed by atoms with Gasteiger partial charge >= 0.3 is 0 Å². The van der Waals surface area contributed by atoms with Gasteiger partial charge < -0.3 is 20.6 Å². The Balaban J connectivity index is -0.000000604. The molecule has 252 valence electrons. The Bertz CT molecular complexity index is 580. The van der Waals surface area contributed by atoms with Crippen molar-refractivity contribution in [3.8, 4) is 0 Å². The van der Waals surface area contributed by atoms with E-state index < -0.39 is 10.4 Å². The zero-order valence-electron chi connectivity index (χ0n) is 29.2. The molecule has 0 aromatic rings. The smallest absolute Gasteiger partial charge is 0.0914 e. The summed E-state index contributed by atoms with van der Waals surface area (Å²) in [6.07, 6.45) is 31.4. The summed E-state index contributed by atoms with van der Waals surface area (Å²) in [4.78, 5) is 0. The minimum absolute atomic E-state index is 0.249. The average molecular weight is 609 g/mol. The molecule has 0 aliphatic rings. The molecule has 41 heavy (non-hydrogen) atoms. The van der Waals surface area contributed by atoms with Crippen molar-refractivity contribution in [3.63, 3.8) is 0 Å². The van der Waals surface area contributed by atoms with Crippen LogP contribution in [-0.2, 0) is 10.4 Å². The normalized spacial score (nSPS) is 13.6. The minimum Gasteiger partial charge on any atom is -0.759 e. The van der Waals surface area contributed by atoms with Gasteiger partial charge in [-0.2, -0.15) is 0 Å². The predicted octanol–water partition coefficient (Wildman–Crippen LogP) is 8.57. The Hall–Kier alpha value is -0.210. The second-order valence-corrected chi connectivity index (χ2v) is 14.9. The molecule has 0 saturated carbocycles. The second-order valence-electron chi connectivity index (χ2n) is 14.1. The molecule has 2 atom stereocenters. The predicted molar refractivity (Wildman–Crippen MR) is 176 cm³/mol. The van der Waals surface area contributed by atoms with Crippen molar-refractivity contribution < 1.29 is 29.0 Å². The van der Waals surface area contributed by atoms with E-state index in [-0.39, 0.29) is 11.1 Å². The maximum absolute atomic E-state index is 8.52. The third-order valence-corrected chi connectivity index (χ3v) is 8.65. The van der Waals surface area contributed by atoms with E-state index in [0.29, 0.717) is 0 Å². The average Bonchev–Trinajstić information content (AvgIpc) is 2.84. The summed E-state index contributed by atoms with van der Waals surface area (Å²) in [5.41, 5.74) is 8.97. The van der Waals surface area contributed by atoms with Gasteiger partial charge in [0.05, 0.1) is 11.1 Å². The van der Waals surface area contributed by atoms with Gasteiger partial charge in [-0.25, -0.2) is 0 Å². The lowest BCUT2D eigenvalue weighted by Gasteiger charge is -2.23. The standard InChI is InChI=1S/2C17H37N.H2O4S/c2*1-5-6-7-8-9-10-11-12-13-14-15-16(2)17(3,4)18;1-5(2,3)4/h2*16H,5-15,18H2,1-4H3;(H2,1,2,3,4). The number of unbranched alkanes of at least 4 members (excludes halogenated alkanes) is 18. The van der Waals surface area contributed by atoms with Crippen molar-refractivity contribution >= 4 is 10.4 Å². The second kappa shape index (κ2) is 28.6. The van der Waals surface area contributed by atoms with E-state index in [2.05, 4.69) is 66.9 Å². The molecule has 0 fully saturated rings. The highest BCUT2D eigenvalue weighted by Gasteiger charge is 2.24. The molecule has 0 radical (unpaired) electrons. The molecule has 0 spiro atoms. The lowest BCUT2D eigenvalue weighted by Crippen LogP contribution is -2.72. The minimum atomic E-state index is -5.17. The van der Waals surface area contributed by atoms with Crippen molar-refractivity contribution in [1.29, 1.82) is 0 Å². The lowest BCUT2D eigenvalue weighted by atomic mass is 9.86. The molecule has 6 nitrogen and oxygen atoms in total. The van der Waals surface area contributed by atoms with Crippen LogP contribution < -0.4 is 11.5 Å². The van der Waals surface area contributed by atoms with Gasteiger partial charge in [0.25, 0.3) is 0 Å². The number of quaternary nitrogens is 2. The van der Waals surface area contributed by atoms with Crippen LogP contribution in [0.5, 0.6) is 0 Å². The Morgan fingerprint density at radius 1 is 0.488 bits per heavy atom. The van der Waals surface area contributed by atoms with E-state index >= 15 is 0 Å². The van der Waals surface area contributed by atoms with Gasteiger partial charge in [0, 0.05) is 22.2 Å². The van der Waals surface area contributed by atoms with Crippen molar-refractivity contribution in [2.45, 2.75) is 208 Å². The first kappa shape index (κ1) is 45.2. The van der Waals surface area contributed by atoms with E-state index in [4.69, 9.17) is 17.5 Å². The van der Waals surface area contributed by atoms with Crippen molar-refractivity contribution in [2.24, 2.45) is 11.8 Å². The van der Waals surface area contributed by atoms with Crippen LogP contribution in [0.2, 0.25) is 0 Å². The van der Waals surface area contributed by atoms with Crippen LogP contribution >= 0.6 is 0 Å². The van der Waals surface area contributed by atoms with E-state index in [9.17, 15) is 0 Å². The Morgan fingerprint density at radius 2 is 0.659 bits per heavy atom. The fourth-order valence-electron chi connectivity index (χ4n) is 4.66. The van der Waals surface area contributed by atoms with Gasteiger partial charge in [0.1, 0.15) is 0 Å². The summed E-state index contributed by atoms with van der Waals surface area (Å²) in [6.45, 7) is 18.3. The molecule has 0 rings (SSSR count). The molecular weight excluding hydrogens is 532 g/mol. The molecule has 0 aromatic carbocycles.